The molecule has 0 aliphatic rings. The second-order valence-electron chi connectivity index (χ2n) is 3.75. The van der Waals surface area contributed by atoms with Crippen LogP contribution in [0.3, 0.4) is 0 Å². The summed E-state index contributed by atoms with van der Waals surface area (Å²) < 4.78 is 0. The van der Waals surface area contributed by atoms with Gasteiger partial charge in [-0.1, -0.05) is 12.2 Å². The lowest BCUT2D eigenvalue weighted by Gasteiger charge is -2.21. The molecule has 0 amide bonds. The van der Waals surface area contributed by atoms with Crippen LogP contribution >= 0.6 is 0 Å². The number of carbonyl (C=O) groups is 1. The van der Waals surface area contributed by atoms with Crippen LogP contribution in [-0.4, -0.2) is 29.1 Å². The highest BCUT2D eigenvalue weighted by molar-refractivity contribution is 5.89. The lowest BCUT2D eigenvalue weighted by atomic mass is 10.1. The van der Waals surface area contributed by atoms with E-state index >= 15 is 0 Å². The van der Waals surface area contributed by atoms with Crippen molar-refractivity contribution in [3.8, 4) is 0 Å². The first-order valence-corrected chi connectivity index (χ1v) is 5.49. The number of anilines is 1. The van der Waals surface area contributed by atoms with Crippen molar-refractivity contribution < 1.29 is 14.8 Å². The van der Waals surface area contributed by atoms with Gasteiger partial charge in [0.25, 0.3) is 5.69 Å². The average Bonchev–Trinajstić information content (AvgIpc) is 2.37. The standard InChI is InChI=1S/C13H14N2O4/c1-3-7-14(8-4-2)11-6-5-10(13(16)17)9-12(11)15(18)19/h3-6,9H,1-2,7-8H2,(H,16,17). The molecular weight excluding hydrogens is 248 g/mol. The Morgan fingerprint density at radius 3 is 2.37 bits per heavy atom. The van der Waals surface area contributed by atoms with Crippen LogP contribution in [0, 0.1) is 10.1 Å². The van der Waals surface area contributed by atoms with Crippen LogP contribution in [0.4, 0.5) is 11.4 Å². The molecule has 1 aromatic carbocycles. The summed E-state index contributed by atoms with van der Waals surface area (Å²) in [6.45, 7) is 7.98. The third-order valence-corrected chi connectivity index (χ3v) is 2.46. The number of hydrogen-bond acceptors (Lipinski definition) is 4. The third kappa shape index (κ3) is 3.41. The predicted octanol–water partition coefficient (Wildman–Crippen LogP) is 2.47. The average molecular weight is 262 g/mol. The molecule has 0 saturated heterocycles. The van der Waals surface area contributed by atoms with Crippen LogP contribution in [0.2, 0.25) is 0 Å². The second kappa shape index (κ2) is 6.34. The zero-order valence-corrected chi connectivity index (χ0v) is 10.3. The molecule has 100 valence electrons. The Hall–Kier alpha value is -2.63. The zero-order chi connectivity index (χ0) is 14.4. The highest BCUT2D eigenvalue weighted by Crippen LogP contribution is 2.29. The molecule has 0 radical (unpaired) electrons. The number of carboxylic acid groups (broad SMARTS) is 1. The van der Waals surface area contributed by atoms with E-state index in [1.165, 1.54) is 12.1 Å². The van der Waals surface area contributed by atoms with Gasteiger partial charge in [0.15, 0.2) is 0 Å². The summed E-state index contributed by atoms with van der Waals surface area (Å²) in [5.74, 6) is -1.20. The van der Waals surface area contributed by atoms with E-state index in [0.29, 0.717) is 18.8 Å². The second-order valence-corrected chi connectivity index (χ2v) is 3.75. The summed E-state index contributed by atoms with van der Waals surface area (Å²) in [6, 6.07) is 3.81. The summed E-state index contributed by atoms with van der Waals surface area (Å²) in [5, 5.41) is 19.9. The predicted molar refractivity (Wildman–Crippen MR) is 72.7 cm³/mol. The van der Waals surface area contributed by atoms with Crippen molar-refractivity contribution >= 4 is 17.3 Å². The first kappa shape index (κ1) is 14.4. The van der Waals surface area contributed by atoms with Gasteiger partial charge in [-0.05, 0) is 12.1 Å². The zero-order valence-electron chi connectivity index (χ0n) is 10.3. The van der Waals surface area contributed by atoms with E-state index < -0.39 is 10.9 Å². The molecule has 0 aliphatic heterocycles. The van der Waals surface area contributed by atoms with Gasteiger partial charge in [0.1, 0.15) is 5.69 Å². The summed E-state index contributed by atoms with van der Waals surface area (Å²) in [6.07, 6.45) is 3.22. The molecular formula is C13H14N2O4. The number of nitro groups is 1. The molecule has 6 nitrogen and oxygen atoms in total. The van der Waals surface area contributed by atoms with Gasteiger partial charge >= 0.3 is 5.97 Å². The molecule has 6 heteroatoms. The molecule has 0 spiro atoms. The van der Waals surface area contributed by atoms with Gasteiger partial charge in [-0.15, -0.1) is 13.2 Å². The number of rotatable bonds is 7. The van der Waals surface area contributed by atoms with Crippen LogP contribution in [0.1, 0.15) is 10.4 Å². The first-order valence-electron chi connectivity index (χ1n) is 5.49. The fraction of sp³-hybridized carbons (Fsp3) is 0.154. The Morgan fingerprint density at radius 1 is 1.37 bits per heavy atom. The molecule has 0 atom stereocenters. The van der Waals surface area contributed by atoms with E-state index in [4.69, 9.17) is 5.11 Å². The Bertz CT molecular complexity index is 515. The molecule has 0 saturated carbocycles. The lowest BCUT2D eigenvalue weighted by Crippen LogP contribution is -2.24. The quantitative estimate of drug-likeness (QED) is 0.463. The SMILES string of the molecule is C=CCN(CC=C)c1ccc(C(=O)O)cc1[N+](=O)[O-]. The van der Waals surface area contributed by atoms with Gasteiger partial charge in [-0.3, -0.25) is 10.1 Å². The van der Waals surface area contributed by atoms with Crippen molar-refractivity contribution in [3.63, 3.8) is 0 Å². The molecule has 1 N–H and O–H groups in total. The molecule has 0 aliphatic carbocycles. The summed E-state index contributed by atoms with van der Waals surface area (Å²) in [7, 11) is 0. The molecule has 0 bridgehead atoms. The van der Waals surface area contributed by atoms with Gasteiger partial charge in [0.2, 0.25) is 0 Å². The van der Waals surface area contributed by atoms with E-state index in [1.807, 2.05) is 0 Å². The summed E-state index contributed by atoms with van der Waals surface area (Å²) >= 11 is 0. The normalized spacial score (nSPS) is 9.68. The third-order valence-electron chi connectivity index (χ3n) is 2.46. The van der Waals surface area contributed by atoms with Gasteiger partial charge in [0.05, 0.1) is 10.5 Å². The highest BCUT2D eigenvalue weighted by Gasteiger charge is 2.20. The van der Waals surface area contributed by atoms with Crippen molar-refractivity contribution in [3.05, 3.63) is 59.2 Å². The number of nitrogens with zero attached hydrogens (tertiary/aromatic N) is 2. The van der Waals surface area contributed by atoms with Crippen molar-refractivity contribution in [1.82, 2.24) is 0 Å². The van der Waals surface area contributed by atoms with Crippen LogP contribution in [0.5, 0.6) is 0 Å². The smallest absolute Gasteiger partial charge is 0.335 e. The van der Waals surface area contributed by atoms with E-state index in [2.05, 4.69) is 13.2 Å². The van der Waals surface area contributed by atoms with Gasteiger partial charge in [-0.2, -0.15) is 0 Å². The van der Waals surface area contributed by atoms with Crippen molar-refractivity contribution in [2.45, 2.75) is 0 Å². The van der Waals surface area contributed by atoms with E-state index in [0.717, 1.165) is 6.07 Å². The van der Waals surface area contributed by atoms with Crippen LogP contribution < -0.4 is 4.90 Å². The maximum atomic E-state index is 11.0. The van der Waals surface area contributed by atoms with Crippen LogP contribution in [-0.2, 0) is 0 Å². The maximum absolute atomic E-state index is 11.0. The fourth-order valence-corrected chi connectivity index (χ4v) is 1.65. The van der Waals surface area contributed by atoms with E-state index in [9.17, 15) is 14.9 Å². The first-order chi connectivity index (χ1) is 9.01. The molecule has 0 aromatic heterocycles. The minimum absolute atomic E-state index is 0.118. The minimum atomic E-state index is -1.20. The monoisotopic (exact) mass is 262 g/mol. The van der Waals surface area contributed by atoms with Crippen molar-refractivity contribution in [2.75, 3.05) is 18.0 Å². The number of aromatic carboxylic acids is 1. The highest BCUT2D eigenvalue weighted by atomic mass is 16.6. The lowest BCUT2D eigenvalue weighted by molar-refractivity contribution is -0.384. The van der Waals surface area contributed by atoms with E-state index in [-0.39, 0.29) is 11.3 Å². The number of hydrogen-bond donors (Lipinski definition) is 1. The molecule has 0 heterocycles. The fourth-order valence-electron chi connectivity index (χ4n) is 1.65. The molecule has 0 unspecified atom stereocenters. The number of nitro benzene ring substituents is 1. The maximum Gasteiger partial charge on any atom is 0.335 e. The molecule has 0 fully saturated rings. The number of benzene rings is 1. The Kier molecular flexibility index (Phi) is 4.82. The van der Waals surface area contributed by atoms with Crippen LogP contribution in [0.15, 0.2) is 43.5 Å². The van der Waals surface area contributed by atoms with E-state index in [1.54, 1.807) is 17.1 Å². The Labute approximate surface area is 110 Å². The molecule has 1 aromatic rings. The van der Waals surface area contributed by atoms with Gasteiger partial charge in [0, 0.05) is 19.2 Å². The minimum Gasteiger partial charge on any atom is -0.478 e. The Balaban J connectivity index is 3.31. The summed E-state index contributed by atoms with van der Waals surface area (Å²) in [4.78, 5) is 23.0. The Morgan fingerprint density at radius 2 is 1.95 bits per heavy atom. The van der Waals surface area contributed by atoms with Gasteiger partial charge in [-0.25, -0.2) is 4.79 Å². The van der Waals surface area contributed by atoms with Crippen molar-refractivity contribution in [2.24, 2.45) is 0 Å². The molecule has 1 rings (SSSR count). The topological polar surface area (TPSA) is 83.7 Å². The van der Waals surface area contributed by atoms with Gasteiger partial charge < -0.3 is 10.0 Å². The largest absolute Gasteiger partial charge is 0.478 e. The van der Waals surface area contributed by atoms with Crippen LogP contribution in [0.25, 0.3) is 0 Å². The number of carboxylic acids is 1. The summed E-state index contributed by atoms with van der Waals surface area (Å²) in [5.41, 5.74) is -0.0222. The van der Waals surface area contributed by atoms with Crippen molar-refractivity contribution in [1.29, 1.82) is 0 Å². The molecule has 19 heavy (non-hydrogen) atoms.